The van der Waals surface area contributed by atoms with Gasteiger partial charge < -0.3 is 15.6 Å². The van der Waals surface area contributed by atoms with Crippen LogP contribution >= 0.6 is 0 Å². The molecule has 0 aliphatic carbocycles. The highest BCUT2D eigenvalue weighted by molar-refractivity contribution is 5.28. The SMILES string of the molecule is Cc1ccc(OCCCCCO)c(CN)n1. The van der Waals surface area contributed by atoms with Gasteiger partial charge in [0.1, 0.15) is 5.75 Å². The summed E-state index contributed by atoms with van der Waals surface area (Å²) in [7, 11) is 0. The molecule has 3 N–H and O–H groups in total. The summed E-state index contributed by atoms with van der Waals surface area (Å²) in [6.07, 6.45) is 2.76. The molecule has 4 nitrogen and oxygen atoms in total. The lowest BCUT2D eigenvalue weighted by molar-refractivity contribution is 0.265. The van der Waals surface area contributed by atoms with E-state index in [2.05, 4.69) is 4.98 Å². The van der Waals surface area contributed by atoms with Gasteiger partial charge in [0.15, 0.2) is 0 Å². The van der Waals surface area contributed by atoms with Crippen molar-refractivity contribution in [2.45, 2.75) is 32.7 Å². The topological polar surface area (TPSA) is 68.4 Å². The van der Waals surface area contributed by atoms with Crippen LogP contribution in [0, 0.1) is 6.92 Å². The summed E-state index contributed by atoms with van der Waals surface area (Å²) in [6.45, 7) is 3.23. The van der Waals surface area contributed by atoms with Crippen LogP contribution in [0.5, 0.6) is 5.75 Å². The van der Waals surface area contributed by atoms with Crippen molar-refractivity contribution in [1.82, 2.24) is 4.98 Å². The summed E-state index contributed by atoms with van der Waals surface area (Å²) in [4.78, 5) is 4.32. The highest BCUT2D eigenvalue weighted by Crippen LogP contribution is 2.16. The zero-order valence-electron chi connectivity index (χ0n) is 9.78. The minimum Gasteiger partial charge on any atom is -0.492 e. The molecular formula is C12H20N2O2. The van der Waals surface area contributed by atoms with Gasteiger partial charge in [-0.25, -0.2) is 0 Å². The second kappa shape index (κ2) is 7.19. The van der Waals surface area contributed by atoms with E-state index in [0.717, 1.165) is 36.4 Å². The van der Waals surface area contributed by atoms with Crippen LogP contribution in [0.25, 0.3) is 0 Å². The first-order chi connectivity index (χ1) is 7.77. The molecule has 0 spiro atoms. The summed E-state index contributed by atoms with van der Waals surface area (Å²) in [5.41, 5.74) is 7.36. The van der Waals surface area contributed by atoms with Crippen molar-refractivity contribution in [1.29, 1.82) is 0 Å². The van der Waals surface area contributed by atoms with Gasteiger partial charge in [-0.15, -0.1) is 0 Å². The monoisotopic (exact) mass is 224 g/mol. The molecule has 0 saturated carbocycles. The molecule has 0 atom stereocenters. The molecule has 0 amide bonds. The first-order valence-electron chi connectivity index (χ1n) is 5.68. The lowest BCUT2D eigenvalue weighted by Crippen LogP contribution is -2.06. The minimum absolute atomic E-state index is 0.250. The van der Waals surface area contributed by atoms with Crippen molar-refractivity contribution >= 4 is 0 Å². The number of aromatic nitrogens is 1. The highest BCUT2D eigenvalue weighted by atomic mass is 16.5. The Labute approximate surface area is 96.5 Å². The van der Waals surface area contributed by atoms with E-state index >= 15 is 0 Å². The summed E-state index contributed by atoms with van der Waals surface area (Å²) in [5.74, 6) is 0.775. The number of hydrogen-bond acceptors (Lipinski definition) is 4. The van der Waals surface area contributed by atoms with Crippen LogP contribution in [0.4, 0.5) is 0 Å². The molecule has 0 aliphatic rings. The van der Waals surface area contributed by atoms with Crippen molar-refractivity contribution < 1.29 is 9.84 Å². The van der Waals surface area contributed by atoms with Crippen molar-refractivity contribution in [3.63, 3.8) is 0 Å². The number of aryl methyl sites for hydroxylation is 1. The molecule has 0 unspecified atom stereocenters. The van der Waals surface area contributed by atoms with E-state index in [0.29, 0.717) is 13.2 Å². The van der Waals surface area contributed by atoms with Gasteiger partial charge in [0, 0.05) is 18.8 Å². The fourth-order valence-electron chi connectivity index (χ4n) is 1.45. The molecule has 0 aliphatic heterocycles. The molecule has 1 rings (SSSR count). The maximum atomic E-state index is 8.63. The molecule has 0 bridgehead atoms. The molecule has 4 heteroatoms. The predicted octanol–water partition coefficient (Wildman–Crippen LogP) is 1.39. The second-order valence-electron chi connectivity index (χ2n) is 3.73. The Kier molecular flexibility index (Phi) is 5.82. The Hall–Kier alpha value is -1.13. The number of aliphatic hydroxyl groups is 1. The maximum Gasteiger partial charge on any atom is 0.142 e. The Morgan fingerprint density at radius 3 is 2.81 bits per heavy atom. The molecule has 16 heavy (non-hydrogen) atoms. The van der Waals surface area contributed by atoms with Crippen LogP contribution in [0.2, 0.25) is 0 Å². The number of pyridine rings is 1. The van der Waals surface area contributed by atoms with Gasteiger partial charge in [0.05, 0.1) is 12.3 Å². The van der Waals surface area contributed by atoms with Crippen molar-refractivity contribution in [3.8, 4) is 5.75 Å². The van der Waals surface area contributed by atoms with Gasteiger partial charge in [-0.3, -0.25) is 4.98 Å². The van der Waals surface area contributed by atoms with Crippen LogP contribution in [-0.4, -0.2) is 23.3 Å². The van der Waals surface area contributed by atoms with E-state index in [1.807, 2.05) is 19.1 Å². The Morgan fingerprint density at radius 1 is 1.31 bits per heavy atom. The first-order valence-corrected chi connectivity index (χ1v) is 5.68. The molecule has 1 aromatic heterocycles. The zero-order chi connectivity index (χ0) is 11.8. The summed E-state index contributed by atoms with van der Waals surface area (Å²) in [5, 5.41) is 8.63. The number of rotatable bonds is 7. The number of aliphatic hydroxyl groups excluding tert-OH is 1. The fraction of sp³-hybridized carbons (Fsp3) is 0.583. The lowest BCUT2D eigenvalue weighted by atomic mass is 10.2. The summed E-state index contributed by atoms with van der Waals surface area (Å²) in [6, 6.07) is 3.83. The molecule has 0 fully saturated rings. The lowest BCUT2D eigenvalue weighted by Gasteiger charge is -2.10. The van der Waals surface area contributed by atoms with E-state index in [9.17, 15) is 0 Å². The summed E-state index contributed by atoms with van der Waals surface area (Å²) >= 11 is 0. The molecule has 90 valence electrons. The quantitative estimate of drug-likeness (QED) is 0.687. The molecule has 1 aromatic rings. The third kappa shape index (κ3) is 4.16. The van der Waals surface area contributed by atoms with Crippen molar-refractivity contribution in [2.75, 3.05) is 13.2 Å². The van der Waals surface area contributed by atoms with Crippen LogP contribution < -0.4 is 10.5 Å². The Bertz CT molecular complexity index is 316. The third-order valence-electron chi connectivity index (χ3n) is 2.33. The van der Waals surface area contributed by atoms with Gasteiger partial charge >= 0.3 is 0 Å². The van der Waals surface area contributed by atoms with Gasteiger partial charge in [-0.05, 0) is 38.3 Å². The van der Waals surface area contributed by atoms with Crippen LogP contribution in [0.3, 0.4) is 0 Å². The number of ether oxygens (including phenoxy) is 1. The molecule has 1 heterocycles. The average Bonchev–Trinajstić information content (AvgIpc) is 2.30. The Morgan fingerprint density at radius 2 is 2.12 bits per heavy atom. The van der Waals surface area contributed by atoms with E-state index < -0.39 is 0 Å². The Balaban J connectivity index is 2.41. The van der Waals surface area contributed by atoms with Crippen molar-refractivity contribution in [3.05, 3.63) is 23.5 Å². The largest absolute Gasteiger partial charge is 0.492 e. The number of hydrogen-bond donors (Lipinski definition) is 2. The predicted molar refractivity (Wildman–Crippen MR) is 63.3 cm³/mol. The van der Waals surface area contributed by atoms with E-state index in [4.69, 9.17) is 15.6 Å². The smallest absolute Gasteiger partial charge is 0.142 e. The zero-order valence-corrected chi connectivity index (χ0v) is 9.78. The van der Waals surface area contributed by atoms with Crippen molar-refractivity contribution in [2.24, 2.45) is 5.73 Å². The van der Waals surface area contributed by atoms with Gasteiger partial charge in [-0.1, -0.05) is 0 Å². The minimum atomic E-state index is 0.250. The van der Waals surface area contributed by atoms with E-state index in [-0.39, 0.29) is 6.61 Å². The number of nitrogens with zero attached hydrogens (tertiary/aromatic N) is 1. The normalized spacial score (nSPS) is 10.4. The van der Waals surface area contributed by atoms with Gasteiger partial charge in [-0.2, -0.15) is 0 Å². The maximum absolute atomic E-state index is 8.63. The van der Waals surface area contributed by atoms with Crippen LogP contribution in [0.1, 0.15) is 30.7 Å². The van der Waals surface area contributed by atoms with Crippen LogP contribution in [0.15, 0.2) is 12.1 Å². The van der Waals surface area contributed by atoms with Gasteiger partial charge in [0.25, 0.3) is 0 Å². The van der Waals surface area contributed by atoms with Gasteiger partial charge in [0.2, 0.25) is 0 Å². The first kappa shape index (κ1) is 12.9. The average molecular weight is 224 g/mol. The van der Waals surface area contributed by atoms with Crippen LogP contribution in [-0.2, 0) is 6.54 Å². The second-order valence-corrected chi connectivity index (χ2v) is 3.73. The van der Waals surface area contributed by atoms with E-state index in [1.54, 1.807) is 0 Å². The molecule has 0 aromatic carbocycles. The number of nitrogens with two attached hydrogens (primary N) is 1. The summed E-state index contributed by atoms with van der Waals surface area (Å²) < 4.78 is 5.61. The highest BCUT2D eigenvalue weighted by Gasteiger charge is 2.03. The number of unbranched alkanes of at least 4 members (excludes halogenated alkanes) is 2. The molecule has 0 radical (unpaired) electrons. The molecular weight excluding hydrogens is 204 g/mol. The third-order valence-corrected chi connectivity index (χ3v) is 2.33. The standard InChI is InChI=1S/C12H20N2O2/c1-10-5-6-12(11(9-13)14-10)16-8-4-2-3-7-15/h5-6,15H,2-4,7-9,13H2,1H3. The fourth-order valence-corrected chi connectivity index (χ4v) is 1.45. The molecule has 0 saturated heterocycles. The van der Waals surface area contributed by atoms with E-state index in [1.165, 1.54) is 0 Å².